The van der Waals surface area contributed by atoms with Crippen molar-refractivity contribution in [2.24, 2.45) is 5.10 Å². The fourth-order valence-corrected chi connectivity index (χ4v) is 2.37. The van der Waals surface area contributed by atoms with E-state index in [0.29, 0.717) is 27.8 Å². The highest BCUT2D eigenvalue weighted by atomic mass is 35.5. The van der Waals surface area contributed by atoms with E-state index in [-0.39, 0.29) is 13.3 Å². The highest BCUT2D eigenvalue weighted by Gasteiger charge is 2.16. The smallest absolute Gasteiger partial charge is 0.259 e. The van der Waals surface area contributed by atoms with Crippen molar-refractivity contribution in [3.8, 4) is 11.5 Å². The van der Waals surface area contributed by atoms with Crippen molar-refractivity contribution < 1.29 is 19.1 Å². The van der Waals surface area contributed by atoms with Crippen LogP contribution in [0, 0.1) is 0 Å². The SMILES string of the molecule is C/C(=N\NC(=O)CNC(=O)c1ccc2c(c1)OCO2)c1ccc(Cl)cc1. The van der Waals surface area contributed by atoms with E-state index in [4.69, 9.17) is 21.1 Å². The molecule has 2 aromatic rings. The van der Waals surface area contributed by atoms with Crippen molar-refractivity contribution in [1.82, 2.24) is 10.7 Å². The molecule has 8 heteroatoms. The summed E-state index contributed by atoms with van der Waals surface area (Å²) in [5, 5.41) is 7.16. The van der Waals surface area contributed by atoms with Crippen LogP contribution in [-0.4, -0.2) is 30.9 Å². The summed E-state index contributed by atoms with van der Waals surface area (Å²) in [7, 11) is 0. The Morgan fingerprint density at radius 2 is 1.77 bits per heavy atom. The van der Waals surface area contributed by atoms with Crippen LogP contribution in [0.15, 0.2) is 47.6 Å². The second kappa shape index (κ2) is 7.88. The van der Waals surface area contributed by atoms with Crippen LogP contribution >= 0.6 is 11.6 Å². The third-order valence-electron chi connectivity index (χ3n) is 3.65. The molecule has 0 aromatic heterocycles. The molecule has 0 bridgehead atoms. The van der Waals surface area contributed by atoms with E-state index in [1.165, 1.54) is 0 Å². The van der Waals surface area contributed by atoms with Crippen molar-refractivity contribution in [3.63, 3.8) is 0 Å². The maximum absolute atomic E-state index is 12.1. The predicted molar refractivity (Wildman–Crippen MR) is 96.7 cm³/mol. The zero-order valence-electron chi connectivity index (χ0n) is 13.9. The molecule has 0 fully saturated rings. The number of amides is 2. The first-order valence-corrected chi connectivity index (χ1v) is 8.17. The van der Waals surface area contributed by atoms with Gasteiger partial charge >= 0.3 is 0 Å². The van der Waals surface area contributed by atoms with Gasteiger partial charge in [-0.2, -0.15) is 5.10 Å². The van der Waals surface area contributed by atoms with Gasteiger partial charge in [-0.15, -0.1) is 0 Å². The fourth-order valence-electron chi connectivity index (χ4n) is 2.24. The van der Waals surface area contributed by atoms with Crippen LogP contribution in [0.25, 0.3) is 0 Å². The van der Waals surface area contributed by atoms with Gasteiger partial charge in [0.1, 0.15) is 0 Å². The zero-order chi connectivity index (χ0) is 18.5. The Morgan fingerprint density at radius 1 is 1.08 bits per heavy atom. The highest BCUT2D eigenvalue weighted by molar-refractivity contribution is 6.30. The second-order valence-corrected chi connectivity index (χ2v) is 5.93. The second-order valence-electron chi connectivity index (χ2n) is 5.49. The van der Waals surface area contributed by atoms with E-state index in [2.05, 4.69) is 15.8 Å². The molecule has 0 aliphatic carbocycles. The maximum atomic E-state index is 12.1. The van der Waals surface area contributed by atoms with Crippen molar-refractivity contribution in [3.05, 3.63) is 58.6 Å². The van der Waals surface area contributed by atoms with E-state index in [0.717, 1.165) is 5.56 Å². The highest BCUT2D eigenvalue weighted by Crippen LogP contribution is 2.32. The van der Waals surface area contributed by atoms with Crippen molar-refractivity contribution >= 4 is 29.1 Å². The van der Waals surface area contributed by atoms with Crippen molar-refractivity contribution in [2.75, 3.05) is 13.3 Å². The van der Waals surface area contributed by atoms with Crippen LogP contribution < -0.4 is 20.2 Å². The van der Waals surface area contributed by atoms with E-state index in [9.17, 15) is 9.59 Å². The molecule has 2 aromatic carbocycles. The molecular weight excluding hydrogens is 358 g/mol. The quantitative estimate of drug-likeness (QED) is 0.622. The Kier molecular flexibility index (Phi) is 5.38. The van der Waals surface area contributed by atoms with Gasteiger partial charge in [0.05, 0.1) is 12.3 Å². The molecule has 0 atom stereocenters. The summed E-state index contributed by atoms with van der Waals surface area (Å²) in [6.07, 6.45) is 0. The van der Waals surface area contributed by atoms with E-state index >= 15 is 0 Å². The number of halogens is 1. The number of carbonyl (C=O) groups excluding carboxylic acids is 2. The number of fused-ring (bicyclic) bond motifs is 1. The Bertz CT molecular complexity index is 865. The Labute approximate surface area is 154 Å². The molecule has 3 rings (SSSR count). The third kappa shape index (κ3) is 4.31. The molecule has 26 heavy (non-hydrogen) atoms. The zero-order valence-corrected chi connectivity index (χ0v) is 14.7. The lowest BCUT2D eigenvalue weighted by atomic mass is 10.1. The van der Waals surface area contributed by atoms with Gasteiger partial charge < -0.3 is 14.8 Å². The van der Waals surface area contributed by atoms with Crippen molar-refractivity contribution in [2.45, 2.75) is 6.92 Å². The van der Waals surface area contributed by atoms with Crippen LogP contribution in [0.2, 0.25) is 5.02 Å². The summed E-state index contributed by atoms with van der Waals surface area (Å²) < 4.78 is 10.4. The third-order valence-corrected chi connectivity index (χ3v) is 3.91. The van der Waals surface area contributed by atoms with Crippen LogP contribution in [0.3, 0.4) is 0 Å². The molecule has 7 nitrogen and oxygen atoms in total. The molecule has 2 amide bonds. The first-order chi connectivity index (χ1) is 12.5. The van der Waals surface area contributed by atoms with Crippen LogP contribution in [0.5, 0.6) is 11.5 Å². The summed E-state index contributed by atoms with van der Waals surface area (Å²) >= 11 is 5.83. The van der Waals surface area contributed by atoms with E-state index < -0.39 is 11.8 Å². The Morgan fingerprint density at radius 3 is 2.54 bits per heavy atom. The predicted octanol–water partition coefficient (Wildman–Crippen LogP) is 2.34. The van der Waals surface area contributed by atoms with Gasteiger partial charge in [0.25, 0.3) is 11.8 Å². The lowest BCUT2D eigenvalue weighted by Gasteiger charge is -2.06. The number of nitrogens with one attached hydrogen (secondary N) is 2. The average molecular weight is 374 g/mol. The largest absolute Gasteiger partial charge is 0.454 e. The summed E-state index contributed by atoms with van der Waals surface area (Å²) in [5.74, 6) is 0.265. The number of benzene rings is 2. The summed E-state index contributed by atoms with van der Waals surface area (Å²) in [5.41, 5.74) is 4.23. The monoisotopic (exact) mass is 373 g/mol. The molecule has 0 saturated heterocycles. The lowest BCUT2D eigenvalue weighted by Crippen LogP contribution is -2.35. The lowest BCUT2D eigenvalue weighted by molar-refractivity contribution is -0.120. The molecular formula is C18H16ClN3O4. The summed E-state index contributed by atoms with van der Waals surface area (Å²) in [6.45, 7) is 1.69. The minimum Gasteiger partial charge on any atom is -0.454 e. The molecule has 0 spiro atoms. The minimum absolute atomic E-state index is 0.133. The first-order valence-electron chi connectivity index (χ1n) is 7.80. The molecule has 1 aliphatic heterocycles. The van der Waals surface area contributed by atoms with Gasteiger partial charge in [0.2, 0.25) is 6.79 Å². The normalized spacial score (nSPS) is 12.6. The van der Waals surface area contributed by atoms with Gasteiger partial charge in [-0.05, 0) is 42.8 Å². The number of hydrazone groups is 1. The number of ether oxygens (including phenoxy) is 2. The number of rotatable bonds is 5. The minimum atomic E-state index is -0.438. The van der Waals surface area contributed by atoms with Gasteiger partial charge in [0.15, 0.2) is 11.5 Å². The van der Waals surface area contributed by atoms with Gasteiger partial charge in [-0.3, -0.25) is 9.59 Å². The summed E-state index contributed by atoms with van der Waals surface area (Å²) in [4.78, 5) is 24.0. The average Bonchev–Trinajstić information content (AvgIpc) is 3.12. The number of carbonyl (C=O) groups is 2. The van der Waals surface area contributed by atoms with E-state index in [1.807, 2.05) is 0 Å². The van der Waals surface area contributed by atoms with Crippen molar-refractivity contribution in [1.29, 1.82) is 0 Å². The standard InChI is InChI=1S/C18H16ClN3O4/c1-11(12-2-5-14(19)6-3-12)21-22-17(23)9-20-18(24)13-4-7-15-16(8-13)26-10-25-15/h2-8H,9-10H2,1H3,(H,20,24)(H,22,23)/b21-11+. The molecule has 134 valence electrons. The number of hydrogen-bond donors (Lipinski definition) is 2. The van der Waals surface area contributed by atoms with Gasteiger partial charge in [0, 0.05) is 10.6 Å². The Balaban J connectivity index is 1.51. The summed E-state index contributed by atoms with van der Waals surface area (Å²) in [6, 6.07) is 11.9. The van der Waals surface area contributed by atoms with Gasteiger partial charge in [-0.1, -0.05) is 23.7 Å². The van der Waals surface area contributed by atoms with Gasteiger partial charge in [-0.25, -0.2) is 5.43 Å². The first kappa shape index (κ1) is 17.8. The molecule has 0 radical (unpaired) electrons. The molecule has 1 aliphatic rings. The molecule has 0 saturated carbocycles. The molecule has 0 unspecified atom stereocenters. The topological polar surface area (TPSA) is 89.0 Å². The molecule has 1 heterocycles. The Hall–Kier alpha value is -3.06. The van der Waals surface area contributed by atoms with Crippen LogP contribution in [-0.2, 0) is 4.79 Å². The number of nitrogens with zero attached hydrogens (tertiary/aromatic N) is 1. The fraction of sp³-hybridized carbons (Fsp3) is 0.167. The van der Waals surface area contributed by atoms with Crippen LogP contribution in [0.4, 0.5) is 0 Å². The maximum Gasteiger partial charge on any atom is 0.259 e. The van der Waals surface area contributed by atoms with Crippen LogP contribution in [0.1, 0.15) is 22.8 Å². The number of hydrogen-bond acceptors (Lipinski definition) is 5. The molecule has 2 N–H and O–H groups in total. The van der Waals surface area contributed by atoms with E-state index in [1.54, 1.807) is 49.4 Å².